The summed E-state index contributed by atoms with van der Waals surface area (Å²) in [6, 6.07) is 9.84. The molecule has 0 aliphatic rings. The van der Waals surface area contributed by atoms with Crippen molar-refractivity contribution < 1.29 is 4.79 Å². The molecule has 2 rings (SSSR count). The van der Waals surface area contributed by atoms with Crippen molar-refractivity contribution in [1.29, 1.82) is 0 Å². The fraction of sp³-hybridized carbons (Fsp3) is 0.286. The minimum atomic E-state index is -0.120. The van der Waals surface area contributed by atoms with Crippen LogP contribution in [0.2, 0.25) is 0 Å². The van der Waals surface area contributed by atoms with Crippen LogP contribution in [0.1, 0.15) is 19.0 Å². The Labute approximate surface area is 106 Å². The number of carbonyl (C=O) groups is 1. The van der Waals surface area contributed by atoms with Crippen LogP contribution in [0.4, 0.5) is 0 Å². The minimum Gasteiger partial charge on any atom is -0.350 e. The summed E-state index contributed by atoms with van der Waals surface area (Å²) in [6.45, 7) is 2.25. The molecule has 0 aliphatic carbocycles. The summed E-state index contributed by atoms with van der Waals surface area (Å²) < 4.78 is 0. The fourth-order valence-electron chi connectivity index (χ4n) is 1.87. The monoisotopic (exact) mass is 243 g/mol. The number of nitrogens with one attached hydrogen (secondary N) is 1. The van der Waals surface area contributed by atoms with E-state index in [2.05, 4.69) is 10.3 Å². The average molecular weight is 243 g/mol. The molecule has 3 N–H and O–H groups in total. The van der Waals surface area contributed by atoms with Gasteiger partial charge in [-0.25, -0.2) is 0 Å². The van der Waals surface area contributed by atoms with Crippen LogP contribution in [0.3, 0.4) is 0 Å². The number of aromatic nitrogens is 1. The molecule has 0 radical (unpaired) electrons. The highest BCUT2D eigenvalue weighted by atomic mass is 16.1. The third-order valence-corrected chi connectivity index (χ3v) is 2.72. The number of benzene rings is 1. The second-order valence-corrected chi connectivity index (χ2v) is 4.44. The molecule has 0 aliphatic heterocycles. The van der Waals surface area contributed by atoms with E-state index in [0.29, 0.717) is 13.0 Å². The SMILES string of the molecule is CC(N)CC(=O)NCc1nccc2ccccc12. The topological polar surface area (TPSA) is 68.0 Å². The Kier molecular flexibility index (Phi) is 3.89. The lowest BCUT2D eigenvalue weighted by molar-refractivity contribution is -0.121. The molecule has 0 saturated carbocycles. The second kappa shape index (κ2) is 5.60. The molecule has 94 valence electrons. The largest absolute Gasteiger partial charge is 0.350 e. The lowest BCUT2D eigenvalue weighted by Crippen LogP contribution is -2.29. The molecule has 1 amide bonds. The minimum absolute atomic E-state index is 0.0419. The lowest BCUT2D eigenvalue weighted by atomic mass is 10.1. The van der Waals surface area contributed by atoms with E-state index in [1.54, 1.807) is 6.20 Å². The van der Waals surface area contributed by atoms with Gasteiger partial charge >= 0.3 is 0 Å². The van der Waals surface area contributed by atoms with Gasteiger partial charge in [0.2, 0.25) is 5.91 Å². The third-order valence-electron chi connectivity index (χ3n) is 2.72. The number of carbonyl (C=O) groups excluding carboxylic acids is 1. The lowest BCUT2D eigenvalue weighted by Gasteiger charge is -2.08. The molecule has 0 saturated heterocycles. The van der Waals surface area contributed by atoms with Gasteiger partial charge < -0.3 is 11.1 Å². The molecule has 4 nitrogen and oxygen atoms in total. The Hall–Kier alpha value is -1.94. The summed E-state index contributed by atoms with van der Waals surface area (Å²) in [7, 11) is 0. The highest BCUT2D eigenvalue weighted by molar-refractivity contribution is 5.84. The van der Waals surface area contributed by atoms with Crippen molar-refractivity contribution >= 4 is 16.7 Å². The van der Waals surface area contributed by atoms with Crippen LogP contribution < -0.4 is 11.1 Å². The molecule has 1 aromatic carbocycles. The summed E-state index contributed by atoms with van der Waals surface area (Å²) in [5.41, 5.74) is 6.46. The van der Waals surface area contributed by atoms with Crippen LogP contribution in [0.5, 0.6) is 0 Å². The van der Waals surface area contributed by atoms with Crippen molar-refractivity contribution in [3.63, 3.8) is 0 Å². The highest BCUT2D eigenvalue weighted by Gasteiger charge is 2.06. The van der Waals surface area contributed by atoms with Crippen molar-refractivity contribution in [3.8, 4) is 0 Å². The molecule has 1 unspecified atom stereocenters. The van der Waals surface area contributed by atoms with Crippen molar-refractivity contribution in [3.05, 3.63) is 42.2 Å². The molecule has 1 aromatic heterocycles. The number of rotatable bonds is 4. The Balaban J connectivity index is 2.10. The number of pyridine rings is 1. The molecular formula is C14H17N3O. The number of amides is 1. The van der Waals surface area contributed by atoms with E-state index < -0.39 is 0 Å². The molecule has 0 bridgehead atoms. The third kappa shape index (κ3) is 3.05. The van der Waals surface area contributed by atoms with E-state index in [1.165, 1.54) is 0 Å². The van der Waals surface area contributed by atoms with Crippen molar-refractivity contribution in [2.75, 3.05) is 0 Å². The number of fused-ring (bicyclic) bond motifs is 1. The quantitative estimate of drug-likeness (QED) is 0.856. The Bertz CT molecular complexity index is 546. The zero-order chi connectivity index (χ0) is 13.0. The zero-order valence-electron chi connectivity index (χ0n) is 10.4. The number of nitrogens with zero attached hydrogens (tertiary/aromatic N) is 1. The van der Waals surface area contributed by atoms with Gasteiger partial charge in [0.25, 0.3) is 0 Å². The van der Waals surface area contributed by atoms with Gasteiger partial charge in [-0.1, -0.05) is 24.3 Å². The van der Waals surface area contributed by atoms with Crippen molar-refractivity contribution in [2.24, 2.45) is 5.73 Å². The fourth-order valence-corrected chi connectivity index (χ4v) is 1.87. The summed E-state index contributed by atoms with van der Waals surface area (Å²) in [4.78, 5) is 15.9. The first-order valence-corrected chi connectivity index (χ1v) is 6.01. The van der Waals surface area contributed by atoms with E-state index in [-0.39, 0.29) is 11.9 Å². The maximum Gasteiger partial charge on any atom is 0.221 e. The van der Waals surface area contributed by atoms with Crippen LogP contribution >= 0.6 is 0 Å². The van der Waals surface area contributed by atoms with Crippen LogP contribution in [0.25, 0.3) is 10.8 Å². The molecule has 1 heterocycles. The summed E-state index contributed by atoms with van der Waals surface area (Å²) >= 11 is 0. The summed E-state index contributed by atoms with van der Waals surface area (Å²) in [5.74, 6) is -0.0419. The van der Waals surface area contributed by atoms with Gasteiger partial charge in [-0.15, -0.1) is 0 Å². The normalized spacial score (nSPS) is 12.3. The Morgan fingerprint density at radius 3 is 2.94 bits per heavy atom. The maximum atomic E-state index is 11.5. The Morgan fingerprint density at radius 1 is 1.39 bits per heavy atom. The average Bonchev–Trinajstić information content (AvgIpc) is 2.35. The molecular weight excluding hydrogens is 226 g/mol. The van der Waals surface area contributed by atoms with Crippen LogP contribution in [-0.2, 0) is 11.3 Å². The van der Waals surface area contributed by atoms with Gasteiger partial charge in [0.05, 0.1) is 12.2 Å². The molecule has 18 heavy (non-hydrogen) atoms. The van der Waals surface area contributed by atoms with Gasteiger partial charge in [-0.3, -0.25) is 9.78 Å². The number of hydrogen-bond donors (Lipinski definition) is 2. The maximum absolute atomic E-state index is 11.5. The summed E-state index contributed by atoms with van der Waals surface area (Å²) in [6.07, 6.45) is 2.10. The van der Waals surface area contributed by atoms with E-state index in [1.807, 2.05) is 37.3 Å². The predicted octanol–water partition coefficient (Wildman–Crippen LogP) is 1.59. The molecule has 4 heteroatoms. The first-order chi connectivity index (χ1) is 8.66. The number of hydrogen-bond acceptors (Lipinski definition) is 3. The van der Waals surface area contributed by atoms with E-state index in [9.17, 15) is 4.79 Å². The molecule has 0 spiro atoms. The highest BCUT2D eigenvalue weighted by Crippen LogP contribution is 2.15. The first-order valence-electron chi connectivity index (χ1n) is 6.01. The van der Waals surface area contributed by atoms with E-state index in [4.69, 9.17) is 5.73 Å². The van der Waals surface area contributed by atoms with Crippen LogP contribution in [0.15, 0.2) is 36.5 Å². The van der Waals surface area contributed by atoms with Gasteiger partial charge in [0.1, 0.15) is 0 Å². The van der Waals surface area contributed by atoms with Crippen molar-refractivity contribution in [1.82, 2.24) is 10.3 Å². The van der Waals surface area contributed by atoms with Crippen molar-refractivity contribution in [2.45, 2.75) is 25.9 Å². The van der Waals surface area contributed by atoms with Crippen LogP contribution in [0, 0.1) is 0 Å². The van der Waals surface area contributed by atoms with Gasteiger partial charge in [-0.2, -0.15) is 0 Å². The summed E-state index contributed by atoms with van der Waals surface area (Å²) in [5, 5.41) is 5.04. The van der Waals surface area contributed by atoms with Gasteiger partial charge in [0, 0.05) is 24.0 Å². The molecule has 2 aromatic rings. The molecule has 1 atom stereocenters. The second-order valence-electron chi connectivity index (χ2n) is 4.44. The predicted molar refractivity (Wildman–Crippen MR) is 71.9 cm³/mol. The van der Waals surface area contributed by atoms with E-state index in [0.717, 1.165) is 16.5 Å². The van der Waals surface area contributed by atoms with Crippen LogP contribution in [-0.4, -0.2) is 16.9 Å². The first kappa shape index (κ1) is 12.5. The molecule has 0 fully saturated rings. The van der Waals surface area contributed by atoms with E-state index >= 15 is 0 Å². The standard InChI is InChI=1S/C14H17N3O/c1-10(15)8-14(18)17-9-13-12-5-3-2-4-11(12)6-7-16-13/h2-7,10H,8-9,15H2,1H3,(H,17,18). The smallest absolute Gasteiger partial charge is 0.221 e. The Morgan fingerprint density at radius 2 is 2.17 bits per heavy atom. The number of nitrogens with two attached hydrogens (primary N) is 1. The van der Waals surface area contributed by atoms with Gasteiger partial charge in [0.15, 0.2) is 0 Å². The van der Waals surface area contributed by atoms with Gasteiger partial charge in [-0.05, 0) is 18.4 Å². The zero-order valence-corrected chi connectivity index (χ0v) is 10.4.